The lowest BCUT2D eigenvalue weighted by atomic mass is 9.67. The molecule has 1 aromatic heterocycles. The number of rotatable bonds is 5. The monoisotopic (exact) mass is 696 g/mol. The van der Waals surface area contributed by atoms with Crippen molar-refractivity contribution in [2.45, 2.75) is 44.2 Å². The number of pyridine rings is 1. The van der Waals surface area contributed by atoms with E-state index in [0.29, 0.717) is 5.90 Å². The summed E-state index contributed by atoms with van der Waals surface area (Å²) in [6, 6.07) is 58.1. The van der Waals surface area contributed by atoms with Crippen molar-refractivity contribution in [2.75, 3.05) is 0 Å². The molecule has 10 rings (SSSR count). The van der Waals surface area contributed by atoms with Crippen molar-refractivity contribution < 1.29 is 4.74 Å². The van der Waals surface area contributed by atoms with Gasteiger partial charge in [-0.2, -0.15) is 0 Å². The predicted molar refractivity (Wildman–Crippen MR) is 223 cm³/mol. The van der Waals surface area contributed by atoms with Gasteiger partial charge in [-0.25, -0.2) is 4.99 Å². The van der Waals surface area contributed by atoms with E-state index in [1.54, 1.807) is 0 Å². The number of nitrogens with zero attached hydrogens (tertiary/aromatic N) is 2. The van der Waals surface area contributed by atoms with Gasteiger partial charge in [0.05, 0.1) is 16.5 Å². The van der Waals surface area contributed by atoms with Crippen molar-refractivity contribution in [3.63, 3.8) is 0 Å². The second-order valence-electron chi connectivity index (χ2n) is 15.7. The Morgan fingerprint density at radius 3 is 1.78 bits per heavy atom. The zero-order valence-electron chi connectivity index (χ0n) is 31.0. The van der Waals surface area contributed by atoms with Gasteiger partial charge < -0.3 is 4.74 Å². The van der Waals surface area contributed by atoms with Gasteiger partial charge in [0.25, 0.3) is 0 Å². The Labute approximate surface area is 316 Å². The van der Waals surface area contributed by atoms with E-state index in [4.69, 9.17) is 14.7 Å². The van der Waals surface area contributed by atoms with Crippen LogP contribution in [-0.2, 0) is 10.2 Å². The molecule has 0 radical (unpaired) electrons. The van der Waals surface area contributed by atoms with Crippen LogP contribution in [0.4, 0.5) is 0 Å². The molecule has 54 heavy (non-hydrogen) atoms. The predicted octanol–water partition coefficient (Wildman–Crippen LogP) is 12.4. The van der Waals surface area contributed by atoms with Crippen LogP contribution in [0.2, 0.25) is 0 Å². The van der Waals surface area contributed by atoms with Crippen molar-refractivity contribution >= 4 is 27.4 Å². The Bertz CT molecular complexity index is 2760. The molecule has 8 aromatic rings. The van der Waals surface area contributed by atoms with Crippen molar-refractivity contribution in [3.8, 4) is 33.4 Å². The summed E-state index contributed by atoms with van der Waals surface area (Å²) >= 11 is 0. The third kappa shape index (κ3) is 4.74. The maximum absolute atomic E-state index is 6.47. The van der Waals surface area contributed by atoms with Crippen LogP contribution in [0.15, 0.2) is 175 Å². The summed E-state index contributed by atoms with van der Waals surface area (Å²) in [6.07, 6.45) is 3.86. The van der Waals surface area contributed by atoms with Gasteiger partial charge in [0.15, 0.2) is 0 Å². The maximum Gasteiger partial charge on any atom is 0.218 e. The van der Waals surface area contributed by atoms with E-state index in [2.05, 4.69) is 185 Å². The first kappa shape index (κ1) is 32.3. The second kappa shape index (κ2) is 11.8. The van der Waals surface area contributed by atoms with Crippen LogP contribution in [0.25, 0.3) is 54.9 Å². The average molecular weight is 697 g/mol. The van der Waals surface area contributed by atoms with E-state index >= 15 is 0 Å². The van der Waals surface area contributed by atoms with Gasteiger partial charge in [0.1, 0.15) is 5.60 Å². The summed E-state index contributed by atoms with van der Waals surface area (Å²) in [5.41, 5.74) is 11.6. The number of ether oxygens (including phenoxy) is 1. The molecule has 0 bridgehead atoms. The summed E-state index contributed by atoms with van der Waals surface area (Å²) in [5.74, 6) is 0.640. The third-order valence-corrected chi connectivity index (χ3v) is 12.1. The molecule has 0 spiro atoms. The normalized spacial score (nSPS) is 16.1. The van der Waals surface area contributed by atoms with Gasteiger partial charge in [0, 0.05) is 18.0 Å². The van der Waals surface area contributed by atoms with E-state index in [-0.39, 0.29) is 5.54 Å². The lowest BCUT2D eigenvalue weighted by molar-refractivity contribution is 0.0619. The first-order valence-electron chi connectivity index (χ1n) is 18.8. The van der Waals surface area contributed by atoms with Gasteiger partial charge >= 0.3 is 0 Å². The molecule has 0 saturated carbocycles. The molecule has 3 heteroatoms. The van der Waals surface area contributed by atoms with Crippen LogP contribution >= 0.6 is 0 Å². The van der Waals surface area contributed by atoms with E-state index in [0.717, 1.165) is 16.7 Å². The van der Waals surface area contributed by atoms with Crippen LogP contribution in [0.3, 0.4) is 0 Å². The van der Waals surface area contributed by atoms with Gasteiger partial charge in [-0.1, -0.05) is 133 Å². The minimum atomic E-state index is -0.587. The van der Waals surface area contributed by atoms with E-state index < -0.39 is 11.0 Å². The molecule has 0 atom stereocenters. The molecule has 0 fully saturated rings. The Balaban J connectivity index is 1.27. The highest BCUT2D eigenvalue weighted by Gasteiger charge is 2.48. The van der Waals surface area contributed by atoms with Crippen LogP contribution < -0.4 is 0 Å². The minimum absolute atomic E-state index is 0.360. The summed E-state index contributed by atoms with van der Waals surface area (Å²) < 4.78 is 6.47. The zero-order valence-corrected chi connectivity index (χ0v) is 31.0. The molecule has 1 aliphatic carbocycles. The largest absolute Gasteiger partial charge is 0.469 e. The molecule has 3 nitrogen and oxygen atoms in total. The molecule has 0 unspecified atom stereocenters. The number of hydrogen-bond donors (Lipinski definition) is 0. The van der Waals surface area contributed by atoms with Crippen LogP contribution in [0, 0.1) is 0 Å². The Hall–Kier alpha value is -6.32. The number of benzene rings is 7. The van der Waals surface area contributed by atoms with Crippen LogP contribution in [-0.4, -0.2) is 22.0 Å². The Kier molecular flexibility index (Phi) is 7.09. The Morgan fingerprint density at radius 2 is 1.07 bits per heavy atom. The first-order valence-corrected chi connectivity index (χ1v) is 18.8. The molecule has 0 amide bonds. The quantitative estimate of drug-likeness (QED) is 0.179. The fraction of sp³-hybridized carbons (Fsp3) is 0.137. The third-order valence-electron chi connectivity index (χ3n) is 12.1. The number of aromatic nitrogens is 1. The number of hydrogen-bond acceptors (Lipinski definition) is 3. The molecule has 0 saturated heterocycles. The molecular formula is C51H40N2O. The maximum atomic E-state index is 6.47. The fourth-order valence-corrected chi connectivity index (χ4v) is 8.74. The van der Waals surface area contributed by atoms with Crippen LogP contribution in [0.1, 0.15) is 55.5 Å². The number of fused-ring (bicyclic) bond motifs is 6. The lowest BCUT2D eigenvalue weighted by Crippen LogP contribution is -2.41. The van der Waals surface area contributed by atoms with Gasteiger partial charge in [-0.3, -0.25) is 4.98 Å². The molecule has 1 aliphatic heterocycles. The minimum Gasteiger partial charge on any atom is -0.469 e. The molecule has 7 aromatic carbocycles. The summed E-state index contributed by atoms with van der Waals surface area (Å²) in [7, 11) is 0. The summed E-state index contributed by atoms with van der Waals surface area (Å²) in [4.78, 5) is 9.83. The van der Waals surface area contributed by atoms with Gasteiger partial charge in [0.2, 0.25) is 5.90 Å². The molecule has 2 aliphatic rings. The molecule has 2 heterocycles. The SMILES string of the molecule is CC1(C)N=C(c2cncc(-c3cc4c(c5ccccc35)-c3ccc(-c5ccc6ccccc6c5)cc3C4(c3ccccc3)c3ccccc3)c2)OC1(C)C. The Morgan fingerprint density at radius 1 is 0.463 bits per heavy atom. The smallest absolute Gasteiger partial charge is 0.218 e. The lowest BCUT2D eigenvalue weighted by Gasteiger charge is -2.34. The van der Waals surface area contributed by atoms with Crippen molar-refractivity contribution in [1.29, 1.82) is 0 Å². The number of aliphatic imine (C=N–C) groups is 1. The van der Waals surface area contributed by atoms with Gasteiger partial charge in [-0.05, 0) is 124 Å². The topological polar surface area (TPSA) is 34.5 Å². The van der Waals surface area contributed by atoms with Gasteiger partial charge in [-0.15, -0.1) is 0 Å². The summed E-state index contributed by atoms with van der Waals surface area (Å²) in [5, 5.41) is 4.89. The molecule has 0 N–H and O–H groups in total. The standard InChI is InChI=1S/C51H40N2O/c1-49(2)50(3,4)54-48(53-49)38-28-37(31-52-32-38)44-30-46-47(42-22-14-13-21-41(42)44)43-26-25-36(35-24-23-33-15-11-12-16-34(33)27-35)29-45(43)51(46,39-17-7-5-8-18-39)40-19-9-6-10-20-40/h5-32H,1-4H3. The van der Waals surface area contributed by atoms with E-state index in [1.165, 1.54) is 66.1 Å². The zero-order chi connectivity index (χ0) is 36.7. The van der Waals surface area contributed by atoms with Crippen molar-refractivity contribution in [1.82, 2.24) is 4.98 Å². The molecular weight excluding hydrogens is 657 g/mol. The average Bonchev–Trinajstić information content (AvgIpc) is 3.63. The highest BCUT2D eigenvalue weighted by Crippen LogP contribution is 2.59. The van der Waals surface area contributed by atoms with Crippen molar-refractivity contribution in [2.24, 2.45) is 4.99 Å². The second-order valence-corrected chi connectivity index (χ2v) is 15.7. The van der Waals surface area contributed by atoms with E-state index in [1.807, 2.05) is 12.4 Å². The van der Waals surface area contributed by atoms with Crippen LogP contribution in [0.5, 0.6) is 0 Å². The molecule has 260 valence electrons. The highest BCUT2D eigenvalue weighted by atomic mass is 16.5. The first-order chi connectivity index (χ1) is 26.2. The summed E-state index contributed by atoms with van der Waals surface area (Å²) in [6.45, 7) is 8.46. The highest BCUT2D eigenvalue weighted by molar-refractivity contribution is 6.10. The fourth-order valence-electron chi connectivity index (χ4n) is 8.74. The van der Waals surface area contributed by atoms with Crippen molar-refractivity contribution in [3.05, 3.63) is 198 Å². The van der Waals surface area contributed by atoms with E-state index in [9.17, 15) is 0 Å².